The summed E-state index contributed by atoms with van der Waals surface area (Å²) >= 11 is 0. The monoisotopic (exact) mass is 372 g/mol. The minimum atomic E-state index is -0.0507. The van der Waals surface area contributed by atoms with Crippen LogP contribution in [0.3, 0.4) is 0 Å². The van der Waals surface area contributed by atoms with Gasteiger partial charge in [-0.2, -0.15) is 4.98 Å². The van der Waals surface area contributed by atoms with Gasteiger partial charge in [-0.25, -0.2) is 0 Å². The fraction of sp³-hybridized carbons (Fsp3) is 0.526. The molecule has 1 amide bonds. The van der Waals surface area contributed by atoms with Crippen molar-refractivity contribution in [1.82, 2.24) is 19.9 Å². The second-order valence-electron chi connectivity index (χ2n) is 6.85. The Labute approximate surface area is 158 Å². The van der Waals surface area contributed by atoms with E-state index in [9.17, 15) is 4.79 Å². The number of methoxy groups -OCH3 is 1. The number of hydrogen-bond donors (Lipinski definition) is 0. The third kappa shape index (κ3) is 4.12. The minimum absolute atomic E-state index is 0.0507. The number of amides is 1. The summed E-state index contributed by atoms with van der Waals surface area (Å²) in [5.74, 6) is 2.06. The van der Waals surface area contributed by atoms with Crippen LogP contribution in [0.15, 0.2) is 28.8 Å². The maximum absolute atomic E-state index is 12.6. The molecule has 1 atom stereocenters. The first-order valence-electron chi connectivity index (χ1n) is 9.32. The second-order valence-corrected chi connectivity index (χ2v) is 6.85. The highest BCUT2D eigenvalue weighted by molar-refractivity contribution is 5.94. The first-order valence-corrected chi connectivity index (χ1v) is 9.32. The second kappa shape index (κ2) is 8.06. The summed E-state index contributed by atoms with van der Waals surface area (Å²) in [6.07, 6.45) is 1.92. The molecular weight excluding hydrogens is 348 g/mol. The lowest BCUT2D eigenvalue weighted by Crippen LogP contribution is -2.48. The van der Waals surface area contributed by atoms with Crippen LogP contribution in [0, 0.1) is 0 Å². The van der Waals surface area contributed by atoms with Crippen LogP contribution in [0.4, 0.5) is 0 Å². The third-order valence-electron chi connectivity index (χ3n) is 5.05. The van der Waals surface area contributed by atoms with Gasteiger partial charge in [0.25, 0.3) is 11.8 Å². The molecule has 1 aromatic carbocycles. The van der Waals surface area contributed by atoms with Crippen LogP contribution in [0.2, 0.25) is 0 Å². The number of ether oxygens (including phenoxy) is 2. The molecule has 0 aliphatic carbocycles. The van der Waals surface area contributed by atoms with Crippen molar-refractivity contribution in [2.45, 2.75) is 25.5 Å². The van der Waals surface area contributed by atoms with Crippen LogP contribution < -0.4 is 4.74 Å². The van der Waals surface area contributed by atoms with Crippen LogP contribution in [-0.2, 0) is 11.3 Å². The lowest BCUT2D eigenvalue weighted by molar-refractivity contribution is 0.0624. The van der Waals surface area contributed by atoms with Crippen LogP contribution in [0.1, 0.15) is 41.0 Å². The molecule has 1 aromatic heterocycles. The zero-order valence-electron chi connectivity index (χ0n) is 15.5. The molecule has 27 heavy (non-hydrogen) atoms. The lowest BCUT2D eigenvalue weighted by atomic mass is 10.1. The van der Waals surface area contributed by atoms with Gasteiger partial charge in [-0.3, -0.25) is 9.69 Å². The molecule has 2 saturated heterocycles. The third-order valence-corrected chi connectivity index (χ3v) is 5.05. The van der Waals surface area contributed by atoms with Crippen LogP contribution >= 0.6 is 0 Å². The molecule has 2 aliphatic heterocycles. The molecule has 2 aromatic rings. The maximum Gasteiger partial charge on any atom is 0.255 e. The molecule has 144 valence electrons. The SMILES string of the molecule is COc1ccc(C(=O)N2CCN(Cc3noc([C@@H]4CCCO4)n3)CC2)cc1. The van der Waals surface area contributed by atoms with Gasteiger partial charge in [0.2, 0.25) is 0 Å². The first-order chi connectivity index (χ1) is 13.2. The maximum atomic E-state index is 12.6. The average Bonchev–Trinajstić information content (AvgIpc) is 3.40. The molecule has 4 rings (SSSR count). The van der Waals surface area contributed by atoms with Gasteiger partial charge in [0.05, 0.1) is 13.7 Å². The number of aromatic nitrogens is 2. The molecule has 2 aliphatic rings. The minimum Gasteiger partial charge on any atom is -0.497 e. The van der Waals surface area contributed by atoms with Crippen molar-refractivity contribution in [3.8, 4) is 5.75 Å². The standard InChI is InChI=1S/C19H24N4O4/c1-25-15-6-4-14(5-7-15)19(24)23-10-8-22(9-11-23)13-17-20-18(27-21-17)16-3-2-12-26-16/h4-7,16H,2-3,8-13H2,1H3/t16-/m0/s1. The van der Waals surface area contributed by atoms with E-state index in [0.717, 1.165) is 38.3 Å². The Balaban J connectivity index is 1.29. The zero-order chi connectivity index (χ0) is 18.6. The van der Waals surface area contributed by atoms with Crippen LogP contribution in [-0.4, -0.2) is 65.7 Å². The van der Waals surface area contributed by atoms with Crippen molar-refractivity contribution < 1.29 is 18.8 Å². The number of rotatable bonds is 5. The summed E-state index contributed by atoms with van der Waals surface area (Å²) in [7, 11) is 1.61. The van der Waals surface area contributed by atoms with Gasteiger partial charge in [-0.1, -0.05) is 5.16 Å². The van der Waals surface area contributed by atoms with Gasteiger partial charge in [0.15, 0.2) is 5.82 Å². The van der Waals surface area contributed by atoms with Crippen molar-refractivity contribution >= 4 is 5.91 Å². The van der Waals surface area contributed by atoms with Crippen LogP contribution in [0.5, 0.6) is 5.75 Å². The molecule has 3 heterocycles. The predicted octanol–water partition coefficient (Wildman–Crippen LogP) is 1.89. The van der Waals surface area contributed by atoms with Gasteiger partial charge in [0, 0.05) is 38.3 Å². The normalized spacial score (nSPS) is 20.8. The largest absolute Gasteiger partial charge is 0.497 e. The highest BCUT2D eigenvalue weighted by Crippen LogP contribution is 2.27. The summed E-state index contributed by atoms with van der Waals surface area (Å²) < 4.78 is 16.1. The average molecular weight is 372 g/mol. The van der Waals surface area contributed by atoms with E-state index in [2.05, 4.69) is 15.0 Å². The Hall–Kier alpha value is -2.45. The molecule has 0 radical (unpaired) electrons. The molecule has 8 nitrogen and oxygen atoms in total. The Morgan fingerprint density at radius 1 is 1.22 bits per heavy atom. The number of carbonyl (C=O) groups excluding carboxylic acids is 1. The summed E-state index contributed by atoms with van der Waals surface area (Å²) in [6.45, 7) is 4.31. The fourth-order valence-electron chi connectivity index (χ4n) is 3.46. The van der Waals surface area contributed by atoms with Gasteiger partial charge in [0.1, 0.15) is 11.9 Å². The van der Waals surface area contributed by atoms with E-state index in [1.807, 2.05) is 17.0 Å². The van der Waals surface area contributed by atoms with E-state index in [1.54, 1.807) is 19.2 Å². The van der Waals surface area contributed by atoms with Gasteiger partial charge in [-0.05, 0) is 37.1 Å². The Kier molecular flexibility index (Phi) is 5.35. The summed E-state index contributed by atoms with van der Waals surface area (Å²) in [5, 5.41) is 4.07. The number of carbonyl (C=O) groups is 1. The summed E-state index contributed by atoms with van der Waals surface area (Å²) in [6, 6.07) is 7.23. The van der Waals surface area contributed by atoms with E-state index >= 15 is 0 Å². The van der Waals surface area contributed by atoms with Crippen molar-refractivity contribution in [2.75, 3.05) is 39.9 Å². The van der Waals surface area contributed by atoms with Crippen LogP contribution in [0.25, 0.3) is 0 Å². The Bertz CT molecular complexity index is 762. The number of nitrogens with zero attached hydrogens (tertiary/aromatic N) is 4. The van der Waals surface area contributed by atoms with Crippen molar-refractivity contribution in [3.05, 3.63) is 41.5 Å². The van der Waals surface area contributed by atoms with Gasteiger partial charge < -0.3 is 18.9 Å². The molecular formula is C19H24N4O4. The highest BCUT2D eigenvalue weighted by Gasteiger charge is 2.26. The highest BCUT2D eigenvalue weighted by atomic mass is 16.5. The van der Waals surface area contributed by atoms with E-state index in [0.29, 0.717) is 36.9 Å². The summed E-state index contributed by atoms with van der Waals surface area (Å²) in [5.41, 5.74) is 0.684. The van der Waals surface area contributed by atoms with Gasteiger partial charge >= 0.3 is 0 Å². The van der Waals surface area contributed by atoms with E-state index in [4.69, 9.17) is 14.0 Å². The van der Waals surface area contributed by atoms with E-state index < -0.39 is 0 Å². The lowest BCUT2D eigenvalue weighted by Gasteiger charge is -2.34. The van der Waals surface area contributed by atoms with E-state index in [1.165, 1.54) is 0 Å². The predicted molar refractivity (Wildman–Crippen MR) is 96.4 cm³/mol. The molecule has 0 N–H and O–H groups in total. The first kappa shape index (κ1) is 17.9. The van der Waals surface area contributed by atoms with Crippen molar-refractivity contribution in [3.63, 3.8) is 0 Å². The molecule has 0 unspecified atom stereocenters. The smallest absolute Gasteiger partial charge is 0.255 e. The fourth-order valence-corrected chi connectivity index (χ4v) is 3.46. The number of benzene rings is 1. The number of piperazine rings is 1. The van der Waals surface area contributed by atoms with E-state index in [-0.39, 0.29) is 12.0 Å². The quantitative estimate of drug-likeness (QED) is 0.793. The van der Waals surface area contributed by atoms with Gasteiger partial charge in [-0.15, -0.1) is 0 Å². The topological polar surface area (TPSA) is 80.9 Å². The molecule has 2 fully saturated rings. The van der Waals surface area contributed by atoms with Crippen molar-refractivity contribution in [1.29, 1.82) is 0 Å². The number of hydrogen-bond acceptors (Lipinski definition) is 7. The summed E-state index contributed by atoms with van der Waals surface area (Å²) in [4.78, 5) is 21.2. The van der Waals surface area contributed by atoms with Crippen molar-refractivity contribution in [2.24, 2.45) is 0 Å². The molecule has 0 bridgehead atoms. The molecule has 8 heteroatoms. The molecule has 0 spiro atoms. The Morgan fingerprint density at radius 2 is 2.00 bits per heavy atom. The molecule has 0 saturated carbocycles. The zero-order valence-corrected chi connectivity index (χ0v) is 15.5. The Morgan fingerprint density at radius 3 is 2.67 bits per heavy atom.